The average Bonchev–Trinajstić information content (AvgIpc) is 1.91. The first-order valence-corrected chi connectivity index (χ1v) is 8.74. The zero-order chi connectivity index (χ0) is 13.0. The molecule has 0 radical (unpaired) electrons. The highest BCUT2D eigenvalue weighted by molar-refractivity contribution is 8.74. The minimum Gasteiger partial charge on any atom is -0.302 e. The Morgan fingerprint density at radius 3 is 1.81 bits per heavy atom. The van der Waals surface area contributed by atoms with Crippen molar-refractivity contribution in [1.29, 1.82) is 0 Å². The molecule has 0 saturated carbocycles. The fraction of sp³-hybridized carbons (Fsp3) is 1.00. The molecule has 0 aromatic rings. The molecule has 1 unspecified atom stereocenters. The van der Waals surface area contributed by atoms with Crippen molar-refractivity contribution in [3.8, 4) is 0 Å². The second-order valence-electron chi connectivity index (χ2n) is 3.45. The van der Waals surface area contributed by atoms with E-state index in [1.807, 2.05) is 0 Å². The van der Waals surface area contributed by atoms with Gasteiger partial charge in [-0.05, 0) is 20.8 Å². The van der Waals surface area contributed by atoms with E-state index in [4.69, 9.17) is 14.7 Å². The van der Waals surface area contributed by atoms with Gasteiger partial charge < -0.3 is 14.7 Å². The predicted molar refractivity (Wildman–Crippen MR) is 60.1 cm³/mol. The molecule has 0 heterocycles. The lowest BCUT2D eigenvalue weighted by atomic mass is 10.2. The van der Waals surface area contributed by atoms with E-state index in [2.05, 4.69) is 12.5 Å². The third-order valence-electron chi connectivity index (χ3n) is 0.669. The Bertz CT molecular complexity index is 308. The minimum absolute atomic E-state index is 0.132. The van der Waals surface area contributed by atoms with Crippen molar-refractivity contribution in [2.24, 2.45) is 0 Å². The zero-order valence-corrected chi connectivity index (χ0v) is 12.0. The molecule has 3 N–H and O–H groups in total. The summed E-state index contributed by atoms with van der Waals surface area (Å²) in [4.78, 5) is 25.6. The maximum atomic E-state index is 11.2. The molecule has 0 fully saturated rings. The number of phosphoric acid groups is 2. The van der Waals surface area contributed by atoms with Crippen molar-refractivity contribution in [3.05, 3.63) is 0 Å². The van der Waals surface area contributed by atoms with Crippen molar-refractivity contribution in [1.82, 2.24) is 0 Å². The summed E-state index contributed by atoms with van der Waals surface area (Å²) in [6.45, 7) is 4.63. The Kier molecular flexibility index (Phi) is 6.55. The topological polar surface area (TPSA) is 123 Å². The highest BCUT2D eigenvalue weighted by Crippen LogP contribution is 2.55. The van der Waals surface area contributed by atoms with Crippen molar-refractivity contribution >= 4 is 37.8 Å². The number of hydrogen-bond donors (Lipinski definition) is 3. The van der Waals surface area contributed by atoms with Crippen LogP contribution in [0.3, 0.4) is 0 Å². The molecule has 0 spiro atoms. The van der Waals surface area contributed by atoms with Crippen molar-refractivity contribution in [2.45, 2.75) is 26.4 Å². The fourth-order valence-electron chi connectivity index (χ4n) is 0.464. The lowest BCUT2D eigenvalue weighted by Gasteiger charge is -2.21. The molecule has 16 heavy (non-hydrogen) atoms. The number of phosphoric ester groups is 1. The SMILES string of the molecule is CC(C)(C)OP(=O)(O)OSSOP(=O)(O)O. The van der Waals surface area contributed by atoms with Crippen LogP contribution in [0.25, 0.3) is 0 Å². The molecule has 0 aliphatic heterocycles. The van der Waals surface area contributed by atoms with Gasteiger partial charge in [0, 0.05) is 0 Å². The van der Waals surface area contributed by atoms with Gasteiger partial charge in [0.2, 0.25) is 0 Å². The summed E-state index contributed by atoms with van der Waals surface area (Å²) < 4.78 is 34.2. The summed E-state index contributed by atoms with van der Waals surface area (Å²) in [6.07, 6.45) is 0. The van der Waals surface area contributed by atoms with Crippen LogP contribution in [0.2, 0.25) is 0 Å². The normalized spacial score (nSPS) is 17.1. The van der Waals surface area contributed by atoms with Crippen LogP contribution in [0.4, 0.5) is 0 Å². The van der Waals surface area contributed by atoms with Crippen LogP contribution >= 0.6 is 37.8 Å². The van der Waals surface area contributed by atoms with Gasteiger partial charge >= 0.3 is 15.6 Å². The molecule has 0 saturated heterocycles. The van der Waals surface area contributed by atoms with Crippen LogP contribution in [0.1, 0.15) is 20.8 Å². The third-order valence-corrected chi connectivity index (χ3v) is 4.78. The first-order chi connectivity index (χ1) is 6.91. The largest absolute Gasteiger partial charge is 0.484 e. The number of hydrogen-bond acceptors (Lipinski definition) is 7. The Balaban J connectivity index is 3.93. The third kappa shape index (κ3) is 11.4. The highest BCUT2D eigenvalue weighted by Gasteiger charge is 2.30. The molecular formula is C4H12O8P2S2. The van der Waals surface area contributed by atoms with E-state index in [0.29, 0.717) is 0 Å². The first kappa shape index (κ1) is 16.9. The summed E-state index contributed by atoms with van der Waals surface area (Å²) in [5, 5.41) is 0. The van der Waals surface area contributed by atoms with Crippen LogP contribution < -0.4 is 0 Å². The van der Waals surface area contributed by atoms with Gasteiger partial charge in [0.15, 0.2) is 0 Å². The monoisotopic (exact) mass is 314 g/mol. The molecule has 0 aliphatic rings. The summed E-state index contributed by atoms with van der Waals surface area (Å²) in [5.74, 6) is 0. The van der Waals surface area contributed by atoms with Crippen molar-refractivity contribution < 1.29 is 36.3 Å². The van der Waals surface area contributed by atoms with Gasteiger partial charge in [0.25, 0.3) is 0 Å². The second kappa shape index (κ2) is 6.19. The van der Waals surface area contributed by atoms with Gasteiger partial charge in [-0.3, -0.25) is 4.52 Å². The van der Waals surface area contributed by atoms with E-state index in [-0.39, 0.29) is 22.1 Å². The zero-order valence-electron chi connectivity index (χ0n) is 8.59. The van der Waals surface area contributed by atoms with Gasteiger partial charge in [0.1, 0.15) is 22.1 Å². The minimum atomic E-state index is -4.64. The van der Waals surface area contributed by atoms with E-state index in [1.165, 1.54) is 0 Å². The lowest BCUT2D eigenvalue weighted by molar-refractivity contribution is 0.0883. The van der Waals surface area contributed by atoms with Gasteiger partial charge in [-0.1, -0.05) is 0 Å². The maximum absolute atomic E-state index is 11.2. The van der Waals surface area contributed by atoms with Crippen LogP contribution in [0.15, 0.2) is 0 Å². The molecule has 0 aliphatic carbocycles. The summed E-state index contributed by atoms with van der Waals surface area (Å²) >= 11 is 0.324. The van der Waals surface area contributed by atoms with Crippen LogP contribution in [-0.4, -0.2) is 20.3 Å². The molecule has 0 rings (SSSR count). The van der Waals surface area contributed by atoms with E-state index in [9.17, 15) is 9.13 Å². The molecule has 0 aromatic carbocycles. The van der Waals surface area contributed by atoms with Crippen molar-refractivity contribution in [2.75, 3.05) is 0 Å². The molecule has 0 aromatic heterocycles. The van der Waals surface area contributed by atoms with Gasteiger partial charge in [-0.15, -0.1) is 0 Å². The van der Waals surface area contributed by atoms with Gasteiger partial charge in [-0.2, -0.15) is 0 Å². The maximum Gasteiger partial charge on any atom is 0.484 e. The molecule has 12 heteroatoms. The predicted octanol–water partition coefficient (Wildman–Crippen LogP) is 2.24. The smallest absolute Gasteiger partial charge is 0.302 e. The standard InChI is InChI=1S/C4H12O8P2S2/c1-4(2,3)10-14(8,9)12-16-15-11-13(5,6)7/h1-3H3,(H,8,9)(H2,5,6,7). The Hall–Kier alpha value is 0.920. The van der Waals surface area contributed by atoms with E-state index in [1.54, 1.807) is 20.8 Å². The summed E-state index contributed by atoms with van der Waals surface area (Å²) in [6, 6.07) is 0. The van der Waals surface area contributed by atoms with Gasteiger partial charge in [-0.25, -0.2) is 17.1 Å². The highest BCUT2D eigenvalue weighted by atomic mass is 33.1. The lowest BCUT2D eigenvalue weighted by Crippen LogP contribution is -2.17. The molecule has 8 nitrogen and oxygen atoms in total. The Morgan fingerprint density at radius 1 is 1.00 bits per heavy atom. The molecular weight excluding hydrogens is 302 g/mol. The first-order valence-electron chi connectivity index (χ1n) is 3.72. The van der Waals surface area contributed by atoms with E-state index < -0.39 is 21.2 Å². The second-order valence-corrected chi connectivity index (χ2v) is 7.83. The average molecular weight is 314 g/mol. The molecule has 0 amide bonds. The van der Waals surface area contributed by atoms with E-state index in [0.717, 1.165) is 0 Å². The van der Waals surface area contributed by atoms with Crippen LogP contribution in [0.5, 0.6) is 0 Å². The summed E-state index contributed by atoms with van der Waals surface area (Å²) in [5.41, 5.74) is -0.889. The molecule has 98 valence electrons. The number of rotatable bonds is 6. The summed E-state index contributed by atoms with van der Waals surface area (Å²) in [7, 11) is -8.93. The molecule has 1 atom stereocenters. The Morgan fingerprint density at radius 2 is 1.44 bits per heavy atom. The molecule has 0 bridgehead atoms. The fourth-order valence-corrected chi connectivity index (χ4v) is 3.95. The van der Waals surface area contributed by atoms with Gasteiger partial charge in [0.05, 0.1) is 5.60 Å². The van der Waals surface area contributed by atoms with Crippen LogP contribution in [0, 0.1) is 0 Å². The quantitative estimate of drug-likeness (QED) is 0.291. The van der Waals surface area contributed by atoms with Crippen molar-refractivity contribution in [3.63, 3.8) is 0 Å². The Labute approximate surface area is 101 Å². The van der Waals surface area contributed by atoms with Crippen LogP contribution in [-0.2, 0) is 21.6 Å². The van der Waals surface area contributed by atoms with E-state index >= 15 is 0 Å².